The Hall–Kier alpha value is -5.52. The molecular weight excluding hydrogens is 480 g/mol. The molecule has 4 N–H and O–H groups in total. The van der Waals surface area contributed by atoms with Crippen LogP contribution in [0.5, 0.6) is 0 Å². The van der Waals surface area contributed by atoms with Crippen LogP contribution in [0.2, 0.25) is 0 Å². The van der Waals surface area contributed by atoms with Crippen LogP contribution in [-0.2, 0) is 14.1 Å². The van der Waals surface area contributed by atoms with E-state index in [-0.39, 0.29) is 0 Å². The number of rotatable bonds is 4. The number of hydrogen-bond donors (Lipinski definition) is 2. The first-order valence-corrected chi connectivity index (χ1v) is 11.5. The smallest absolute Gasteiger partial charge is 0.185 e. The third-order valence-electron chi connectivity index (χ3n) is 5.55. The van der Waals surface area contributed by atoms with Gasteiger partial charge in [-0.2, -0.15) is 0 Å². The van der Waals surface area contributed by atoms with Crippen molar-refractivity contribution in [2.75, 3.05) is 0 Å². The summed E-state index contributed by atoms with van der Waals surface area (Å²) in [5, 5.41) is 0. The predicted molar refractivity (Wildman–Crippen MR) is 146 cm³/mol. The summed E-state index contributed by atoms with van der Waals surface area (Å²) in [7, 11) is 3.74. The standard InChI is InChI=1S/2C13H12N6/c2*1-19-8-17-10-12(15-7-16-13(10)19)18-11(14)9-5-3-2-4-6-9/h2*2-8H,1H3,(H2,14,15,16,18). The number of nitrogens with zero attached hydrogens (tertiary/aromatic N) is 10. The molecule has 0 bridgehead atoms. The van der Waals surface area contributed by atoms with Crippen LogP contribution in [0.1, 0.15) is 11.1 Å². The number of aliphatic imine (C=N–C) groups is 2. The maximum Gasteiger partial charge on any atom is 0.185 e. The molecule has 0 radical (unpaired) electrons. The molecule has 0 atom stereocenters. The molecule has 38 heavy (non-hydrogen) atoms. The SMILES string of the molecule is Cn1cnc2c(/N=C(\N)c3ccccc3)ncnc21.Cn1cnc2c(/N=C(\N)c3ccccc3)ncnc21. The Balaban J connectivity index is 0.000000155. The highest BCUT2D eigenvalue weighted by molar-refractivity contribution is 6.01. The molecule has 0 fully saturated rings. The van der Waals surface area contributed by atoms with Crippen molar-refractivity contribution in [3.8, 4) is 0 Å². The quantitative estimate of drug-likeness (QED) is 0.273. The van der Waals surface area contributed by atoms with Crippen LogP contribution in [0.15, 0.2) is 96.0 Å². The number of fused-ring (bicyclic) bond motifs is 2. The van der Waals surface area contributed by atoms with Crippen LogP contribution in [0, 0.1) is 0 Å². The average Bonchev–Trinajstić information content (AvgIpc) is 3.53. The van der Waals surface area contributed by atoms with E-state index >= 15 is 0 Å². The van der Waals surface area contributed by atoms with E-state index in [4.69, 9.17) is 11.5 Å². The topological polar surface area (TPSA) is 164 Å². The van der Waals surface area contributed by atoms with Gasteiger partial charge < -0.3 is 20.6 Å². The lowest BCUT2D eigenvalue weighted by molar-refractivity contribution is 0.928. The van der Waals surface area contributed by atoms with Crippen molar-refractivity contribution >= 4 is 45.6 Å². The lowest BCUT2D eigenvalue weighted by Gasteiger charge is -2.00. The van der Waals surface area contributed by atoms with E-state index < -0.39 is 0 Å². The number of hydrogen-bond acceptors (Lipinski definition) is 8. The van der Waals surface area contributed by atoms with Gasteiger partial charge in [0, 0.05) is 25.2 Å². The summed E-state index contributed by atoms with van der Waals surface area (Å²) in [4.78, 5) is 33.7. The molecule has 12 nitrogen and oxygen atoms in total. The van der Waals surface area contributed by atoms with Gasteiger partial charge in [0.2, 0.25) is 0 Å². The van der Waals surface area contributed by atoms with Crippen LogP contribution < -0.4 is 11.5 Å². The minimum absolute atomic E-state index is 0.409. The van der Waals surface area contributed by atoms with Crippen LogP contribution in [0.3, 0.4) is 0 Å². The molecule has 0 saturated heterocycles. The van der Waals surface area contributed by atoms with E-state index in [0.717, 1.165) is 22.4 Å². The zero-order valence-electron chi connectivity index (χ0n) is 20.7. The second kappa shape index (κ2) is 10.6. The summed E-state index contributed by atoms with van der Waals surface area (Å²) in [5.74, 6) is 1.77. The van der Waals surface area contributed by atoms with Gasteiger partial charge in [-0.05, 0) is 0 Å². The summed E-state index contributed by atoms with van der Waals surface area (Å²) in [6, 6.07) is 19.1. The summed E-state index contributed by atoms with van der Waals surface area (Å²) in [6.45, 7) is 0. The number of nitrogens with two attached hydrogens (primary N) is 2. The molecular formula is C26H24N12. The monoisotopic (exact) mass is 504 g/mol. The first-order valence-electron chi connectivity index (χ1n) is 11.5. The Kier molecular flexibility index (Phi) is 6.76. The molecule has 188 valence electrons. The molecule has 2 aromatic carbocycles. The molecule has 0 aliphatic carbocycles. The zero-order chi connectivity index (χ0) is 26.5. The van der Waals surface area contributed by atoms with Crippen LogP contribution in [-0.4, -0.2) is 50.7 Å². The fraction of sp³-hybridized carbons (Fsp3) is 0.0769. The van der Waals surface area contributed by atoms with Crippen molar-refractivity contribution in [2.24, 2.45) is 35.5 Å². The minimum Gasteiger partial charge on any atom is -0.383 e. The third kappa shape index (κ3) is 5.04. The van der Waals surface area contributed by atoms with E-state index in [1.165, 1.54) is 12.7 Å². The number of aryl methyl sites for hydroxylation is 2. The number of benzene rings is 2. The minimum atomic E-state index is 0.409. The van der Waals surface area contributed by atoms with Crippen molar-refractivity contribution < 1.29 is 0 Å². The van der Waals surface area contributed by atoms with Gasteiger partial charge in [0.15, 0.2) is 34.0 Å². The van der Waals surface area contributed by atoms with Gasteiger partial charge >= 0.3 is 0 Å². The molecule has 0 saturated carbocycles. The highest BCUT2D eigenvalue weighted by Crippen LogP contribution is 2.20. The van der Waals surface area contributed by atoms with Gasteiger partial charge in [-0.15, -0.1) is 0 Å². The van der Waals surface area contributed by atoms with Crippen molar-refractivity contribution in [2.45, 2.75) is 0 Å². The Morgan fingerprint density at radius 2 is 0.974 bits per heavy atom. The van der Waals surface area contributed by atoms with Crippen molar-refractivity contribution in [3.63, 3.8) is 0 Å². The molecule has 4 heterocycles. The number of aromatic nitrogens is 8. The fourth-order valence-electron chi connectivity index (χ4n) is 3.61. The summed E-state index contributed by atoms with van der Waals surface area (Å²) >= 11 is 0. The van der Waals surface area contributed by atoms with Gasteiger partial charge in [-0.25, -0.2) is 39.9 Å². The largest absolute Gasteiger partial charge is 0.383 e. The molecule has 0 spiro atoms. The fourth-order valence-corrected chi connectivity index (χ4v) is 3.61. The highest BCUT2D eigenvalue weighted by atomic mass is 15.1. The van der Waals surface area contributed by atoms with Crippen LogP contribution in [0.4, 0.5) is 11.6 Å². The highest BCUT2D eigenvalue weighted by Gasteiger charge is 2.09. The molecule has 0 unspecified atom stereocenters. The van der Waals surface area contributed by atoms with Crippen LogP contribution in [0.25, 0.3) is 22.3 Å². The Labute approximate surface area is 217 Å². The molecule has 4 aromatic heterocycles. The molecule has 6 aromatic rings. The van der Waals surface area contributed by atoms with Crippen LogP contribution >= 0.6 is 0 Å². The second-order valence-corrected chi connectivity index (χ2v) is 8.18. The maximum absolute atomic E-state index is 5.98. The summed E-state index contributed by atoms with van der Waals surface area (Å²) in [6.07, 6.45) is 6.27. The third-order valence-corrected chi connectivity index (χ3v) is 5.55. The molecule has 0 amide bonds. The van der Waals surface area contributed by atoms with Gasteiger partial charge in [0.1, 0.15) is 24.3 Å². The van der Waals surface area contributed by atoms with E-state index in [1.807, 2.05) is 83.9 Å². The number of imidazole rings is 2. The Bertz CT molecular complexity index is 1620. The van der Waals surface area contributed by atoms with E-state index in [9.17, 15) is 0 Å². The average molecular weight is 505 g/mol. The Morgan fingerprint density at radius 3 is 1.37 bits per heavy atom. The van der Waals surface area contributed by atoms with Crippen molar-refractivity contribution in [1.29, 1.82) is 0 Å². The number of amidine groups is 2. The van der Waals surface area contributed by atoms with E-state index in [0.29, 0.717) is 34.3 Å². The molecule has 0 aliphatic heterocycles. The van der Waals surface area contributed by atoms with Gasteiger partial charge in [0.25, 0.3) is 0 Å². The van der Waals surface area contributed by atoms with Gasteiger partial charge in [-0.3, -0.25) is 0 Å². The van der Waals surface area contributed by atoms with Crippen molar-refractivity contribution in [3.05, 3.63) is 97.1 Å². The maximum atomic E-state index is 5.98. The molecule has 12 heteroatoms. The normalized spacial score (nSPS) is 11.9. The van der Waals surface area contributed by atoms with Gasteiger partial charge in [-0.1, -0.05) is 60.7 Å². The molecule has 0 aliphatic rings. The first kappa shape index (κ1) is 24.2. The van der Waals surface area contributed by atoms with E-state index in [2.05, 4.69) is 39.9 Å². The lowest BCUT2D eigenvalue weighted by Crippen LogP contribution is -2.12. The second-order valence-electron chi connectivity index (χ2n) is 8.18. The summed E-state index contributed by atoms with van der Waals surface area (Å²) in [5.41, 5.74) is 16.4. The molecule has 6 rings (SSSR count). The lowest BCUT2D eigenvalue weighted by atomic mass is 10.2. The van der Waals surface area contributed by atoms with E-state index in [1.54, 1.807) is 12.7 Å². The van der Waals surface area contributed by atoms with Crippen molar-refractivity contribution in [1.82, 2.24) is 39.0 Å². The van der Waals surface area contributed by atoms with Gasteiger partial charge in [0.05, 0.1) is 12.7 Å². The predicted octanol–water partition coefficient (Wildman–Crippen LogP) is 2.80. The zero-order valence-corrected chi connectivity index (χ0v) is 20.7. The summed E-state index contributed by atoms with van der Waals surface area (Å²) < 4.78 is 3.63. The first-order chi connectivity index (χ1) is 18.5. The Morgan fingerprint density at radius 1 is 0.579 bits per heavy atom.